The van der Waals surface area contributed by atoms with Crippen LogP contribution in [0, 0.1) is 0 Å². The largest absolute Gasteiger partial charge is 0.493 e. The highest BCUT2D eigenvalue weighted by Gasteiger charge is 2.16. The molecule has 0 fully saturated rings. The predicted octanol–water partition coefficient (Wildman–Crippen LogP) is 3.92. The first-order valence-corrected chi connectivity index (χ1v) is 10.5. The van der Waals surface area contributed by atoms with E-state index < -0.39 is 0 Å². The zero-order chi connectivity index (χ0) is 21.7. The smallest absolute Gasteiger partial charge is 0.258 e. The van der Waals surface area contributed by atoms with Crippen LogP contribution in [0.15, 0.2) is 40.9 Å². The fourth-order valence-electron chi connectivity index (χ4n) is 2.99. The summed E-state index contributed by atoms with van der Waals surface area (Å²) in [6.07, 6.45) is 0. The predicted molar refractivity (Wildman–Crippen MR) is 121 cm³/mol. The average molecular weight is 475 g/mol. The third-order valence-electron chi connectivity index (χ3n) is 4.25. The molecule has 1 amide bonds. The van der Waals surface area contributed by atoms with Gasteiger partial charge in [0.25, 0.3) is 5.91 Å². The van der Waals surface area contributed by atoms with Crippen LogP contribution < -0.4 is 20.1 Å². The number of para-hydroxylation sites is 2. The van der Waals surface area contributed by atoms with E-state index in [0.29, 0.717) is 24.6 Å². The first-order chi connectivity index (χ1) is 14.2. The summed E-state index contributed by atoms with van der Waals surface area (Å²) in [6, 6.07) is 11.7. The van der Waals surface area contributed by atoms with Gasteiger partial charge >= 0.3 is 0 Å². The molecule has 7 nitrogen and oxygen atoms in total. The number of nitrogens with one attached hydrogen (secondary N) is 3. The van der Waals surface area contributed by atoms with Gasteiger partial charge in [0.1, 0.15) is 5.82 Å². The fourth-order valence-corrected chi connectivity index (χ4v) is 3.45. The van der Waals surface area contributed by atoms with E-state index in [1.165, 1.54) is 0 Å². The molecular formula is C22H27BrN4O3. The highest BCUT2D eigenvalue weighted by Crippen LogP contribution is 2.33. The van der Waals surface area contributed by atoms with Gasteiger partial charge in [0.2, 0.25) is 0 Å². The number of nitrogens with zero attached hydrogens (tertiary/aromatic N) is 1. The van der Waals surface area contributed by atoms with Crippen molar-refractivity contribution in [2.75, 3.05) is 13.7 Å². The van der Waals surface area contributed by atoms with Crippen LogP contribution in [0.5, 0.6) is 11.5 Å². The van der Waals surface area contributed by atoms with Gasteiger partial charge in [0, 0.05) is 16.6 Å². The lowest BCUT2D eigenvalue weighted by molar-refractivity contribution is -0.124. The van der Waals surface area contributed by atoms with Crippen LogP contribution in [0.4, 0.5) is 0 Å². The van der Waals surface area contributed by atoms with Crippen LogP contribution >= 0.6 is 15.9 Å². The molecular weight excluding hydrogens is 448 g/mol. The number of halogens is 1. The lowest BCUT2D eigenvalue weighted by Crippen LogP contribution is -2.43. The number of benzene rings is 2. The molecule has 2 aromatic carbocycles. The van der Waals surface area contributed by atoms with E-state index in [1.54, 1.807) is 7.11 Å². The SMILES string of the molecule is COc1cc(CNCc2nc3ccccc3[nH]2)c(Br)cc1OCC(=O)NC(C)(C)C. The molecule has 0 spiro atoms. The van der Waals surface area contributed by atoms with Crippen LogP contribution in [0.2, 0.25) is 0 Å². The number of amides is 1. The molecule has 0 atom stereocenters. The van der Waals surface area contributed by atoms with Crippen LogP contribution in [0.25, 0.3) is 11.0 Å². The Labute approximate surface area is 184 Å². The molecule has 0 saturated carbocycles. The minimum atomic E-state index is -0.305. The molecule has 0 aliphatic heterocycles. The Morgan fingerprint density at radius 1 is 1.17 bits per heavy atom. The number of carbonyl (C=O) groups is 1. The van der Waals surface area contributed by atoms with E-state index in [9.17, 15) is 4.79 Å². The number of rotatable bonds is 8. The highest BCUT2D eigenvalue weighted by molar-refractivity contribution is 9.10. The number of hydrogen-bond acceptors (Lipinski definition) is 5. The topological polar surface area (TPSA) is 88.3 Å². The van der Waals surface area contributed by atoms with Crippen molar-refractivity contribution in [1.29, 1.82) is 0 Å². The third kappa shape index (κ3) is 5.96. The minimum Gasteiger partial charge on any atom is -0.493 e. The van der Waals surface area contributed by atoms with Crippen molar-refractivity contribution in [2.45, 2.75) is 39.4 Å². The molecule has 1 aromatic heterocycles. The Kier molecular flexibility index (Phi) is 6.99. The van der Waals surface area contributed by atoms with Gasteiger partial charge in [0.05, 0.1) is 24.7 Å². The van der Waals surface area contributed by atoms with Crippen LogP contribution in [0.3, 0.4) is 0 Å². The molecule has 0 aliphatic rings. The maximum atomic E-state index is 12.0. The molecule has 0 aliphatic carbocycles. The van der Waals surface area contributed by atoms with Crippen molar-refractivity contribution in [3.8, 4) is 11.5 Å². The summed E-state index contributed by atoms with van der Waals surface area (Å²) in [4.78, 5) is 19.9. The van der Waals surface area contributed by atoms with Crippen molar-refractivity contribution >= 4 is 32.9 Å². The Morgan fingerprint density at radius 2 is 1.93 bits per heavy atom. The highest BCUT2D eigenvalue weighted by atomic mass is 79.9. The summed E-state index contributed by atoms with van der Waals surface area (Å²) in [5.74, 6) is 1.78. The number of hydrogen-bond donors (Lipinski definition) is 3. The third-order valence-corrected chi connectivity index (χ3v) is 4.99. The van der Waals surface area contributed by atoms with Gasteiger partial charge in [-0.1, -0.05) is 28.1 Å². The van der Waals surface area contributed by atoms with Gasteiger partial charge in [-0.05, 0) is 50.6 Å². The summed E-state index contributed by atoms with van der Waals surface area (Å²) in [6.45, 7) is 6.91. The van der Waals surface area contributed by atoms with Crippen molar-refractivity contribution in [3.05, 3.63) is 52.3 Å². The fraction of sp³-hybridized carbons (Fsp3) is 0.364. The monoisotopic (exact) mass is 474 g/mol. The summed E-state index contributed by atoms with van der Waals surface area (Å²) in [7, 11) is 1.58. The molecule has 30 heavy (non-hydrogen) atoms. The van der Waals surface area contributed by atoms with E-state index in [-0.39, 0.29) is 18.1 Å². The molecule has 160 valence electrons. The number of ether oxygens (including phenoxy) is 2. The van der Waals surface area contributed by atoms with Gasteiger partial charge in [-0.2, -0.15) is 0 Å². The van der Waals surface area contributed by atoms with Crippen LogP contribution in [-0.2, 0) is 17.9 Å². The number of aromatic nitrogens is 2. The van der Waals surface area contributed by atoms with Crippen molar-refractivity contribution in [2.24, 2.45) is 0 Å². The van der Waals surface area contributed by atoms with Gasteiger partial charge in [0.15, 0.2) is 18.1 Å². The maximum absolute atomic E-state index is 12.0. The molecule has 0 bridgehead atoms. The molecule has 3 rings (SSSR count). The first kappa shape index (κ1) is 22.1. The van der Waals surface area contributed by atoms with Gasteiger partial charge < -0.3 is 25.1 Å². The number of carbonyl (C=O) groups excluding carboxylic acids is 1. The van der Waals surface area contributed by atoms with Crippen molar-refractivity contribution in [3.63, 3.8) is 0 Å². The number of fused-ring (bicyclic) bond motifs is 1. The Morgan fingerprint density at radius 3 is 2.63 bits per heavy atom. The summed E-state index contributed by atoms with van der Waals surface area (Å²) in [5, 5.41) is 6.25. The second kappa shape index (κ2) is 9.49. The molecule has 8 heteroatoms. The average Bonchev–Trinajstić information content (AvgIpc) is 3.09. The number of H-pyrrole nitrogens is 1. The van der Waals surface area contributed by atoms with E-state index in [2.05, 4.69) is 36.5 Å². The molecule has 0 saturated heterocycles. The molecule has 3 aromatic rings. The van der Waals surface area contributed by atoms with Gasteiger partial charge in [-0.15, -0.1) is 0 Å². The normalized spacial score (nSPS) is 11.5. The first-order valence-electron chi connectivity index (χ1n) is 9.70. The lowest BCUT2D eigenvalue weighted by atomic mass is 10.1. The van der Waals surface area contributed by atoms with Gasteiger partial charge in [-0.3, -0.25) is 4.79 Å². The summed E-state index contributed by atoms with van der Waals surface area (Å²) < 4.78 is 12.0. The zero-order valence-corrected chi connectivity index (χ0v) is 19.2. The summed E-state index contributed by atoms with van der Waals surface area (Å²) in [5.41, 5.74) is 2.68. The molecule has 1 heterocycles. The Hall–Kier alpha value is -2.58. The molecule has 0 unspecified atom stereocenters. The van der Waals surface area contributed by atoms with Crippen LogP contribution in [-0.4, -0.2) is 35.1 Å². The lowest BCUT2D eigenvalue weighted by Gasteiger charge is -2.21. The van der Waals surface area contributed by atoms with E-state index >= 15 is 0 Å². The Bertz CT molecular complexity index is 994. The van der Waals surface area contributed by atoms with Crippen molar-refractivity contribution < 1.29 is 14.3 Å². The van der Waals surface area contributed by atoms with E-state index in [0.717, 1.165) is 26.9 Å². The number of methoxy groups -OCH3 is 1. The quantitative estimate of drug-likeness (QED) is 0.460. The second-order valence-corrected chi connectivity index (χ2v) is 8.84. The standard InChI is InChI=1S/C22H27BrN4O3/c1-22(2,3)27-21(28)13-30-19-10-15(23)14(9-18(19)29-4)11-24-12-20-25-16-7-5-6-8-17(16)26-20/h5-10,24H,11-13H2,1-4H3,(H,25,26)(H,27,28). The van der Waals surface area contributed by atoms with Crippen LogP contribution in [0.1, 0.15) is 32.2 Å². The van der Waals surface area contributed by atoms with E-state index in [1.807, 2.05) is 57.2 Å². The molecule has 3 N–H and O–H groups in total. The van der Waals surface area contributed by atoms with E-state index in [4.69, 9.17) is 9.47 Å². The minimum absolute atomic E-state index is 0.0796. The second-order valence-electron chi connectivity index (χ2n) is 7.99. The van der Waals surface area contributed by atoms with Crippen molar-refractivity contribution in [1.82, 2.24) is 20.6 Å². The molecule has 0 radical (unpaired) electrons. The maximum Gasteiger partial charge on any atom is 0.258 e. The number of aromatic amines is 1. The zero-order valence-electron chi connectivity index (χ0n) is 17.6. The summed E-state index contributed by atoms with van der Waals surface area (Å²) >= 11 is 3.58. The van der Waals surface area contributed by atoms with Gasteiger partial charge in [-0.25, -0.2) is 4.98 Å². The number of imidazole rings is 1. The Balaban J connectivity index is 1.60.